The maximum absolute atomic E-state index is 12.9. The van der Waals surface area contributed by atoms with Crippen molar-refractivity contribution in [3.05, 3.63) is 30.1 Å². The van der Waals surface area contributed by atoms with Crippen molar-refractivity contribution in [2.75, 3.05) is 39.9 Å². The summed E-state index contributed by atoms with van der Waals surface area (Å²) in [6.07, 6.45) is 1.04. The van der Waals surface area contributed by atoms with E-state index in [1.165, 1.54) is 12.1 Å². The number of likely N-dealkylation sites (N-methyl/N-ethyl adjacent to an activating group) is 1. The molecule has 0 radical (unpaired) electrons. The number of hydrogen-bond donors (Lipinski definition) is 1. The molecule has 1 aromatic rings. The van der Waals surface area contributed by atoms with Crippen LogP contribution >= 0.6 is 0 Å². The molecule has 122 valence electrons. The molecule has 0 aromatic heterocycles. The SMILES string of the molecule is CN1CCOC(CNC(=O)CCCOc2cccc(F)c2)C1. The lowest BCUT2D eigenvalue weighted by atomic mass is 10.2. The van der Waals surface area contributed by atoms with Gasteiger partial charge in [-0.05, 0) is 25.6 Å². The Labute approximate surface area is 130 Å². The minimum Gasteiger partial charge on any atom is -0.493 e. The van der Waals surface area contributed by atoms with Gasteiger partial charge in [0.1, 0.15) is 11.6 Å². The lowest BCUT2D eigenvalue weighted by Gasteiger charge is -2.30. The number of halogens is 1. The molecular weight excluding hydrogens is 287 g/mol. The van der Waals surface area contributed by atoms with Crippen molar-refractivity contribution in [1.82, 2.24) is 10.2 Å². The molecule has 1 aromatic carbocycles. The number of amides is 1. The monoisotopic (exact) mass is 310 g/mol. The predicted octanol–water partition coefficient (Wildman–Crippen LogP) is 1.43. The average Bonchev–Trinajstić information content (AvgIpc) is 2.50. The molecule has 1 amide bonds. The maximum Gasteiger partial charge on any atom is 0.220 e. The van der Waals surface area contributed by atoms with Crippen LogP contribution in [0.4, 0.5) is 4.39 Å². The van der Waals surface area contributed by atoms with Gasteiger partial charge in [0.05, 0.1) is 19.3 Å². The van der Waals surface area contributed by atoms with Gasteiger partial charge >= 0.3 is 0 Å². The molecule has 2 rings (SSSR count). The molecule has 1 fully saturated rings. The zero-order chi connectivity index (χ0) is 15.8. The summed E-state index contributed by atoms with van der Waals surface area (Å²) in [5.41, 5.74) is 0. The Morgan fingerprint density at radius 1 is 1.55 bits per heavy atom. The van der Waals surface area contributed by atoms with Crippen LogP contribution in [0.3, 0.4) is 0 Å². The Hall–Kier alpha value is -1.66. The molecule has 0 aliphatic carbocycles. The van der Waals surface area contributed by atoms with E-state index in [4.69, 9.17) is 9.47 Å². The van der Waals surface area contributed by atoms with Crippen LogP contribution in [0.15, 0.2) is 24.3 Å². The van der Waals surface area contributed by atoms with E-state index in [0.29, 0.717) is 38.3 Å². The van der Waals surface area contributed by atoms with E-state index in [1.807, 2.05) is 7.05 Å². The molecule has 22 heavy (non-hydrogen) atoms. The minimum atomic E-state index is -0.326. The maximum atomic E-state index is 12.9. The van der Waals surface area contributed by atoms with Crippen molar-refractivity contribution in [3.63, 3.8) is 0 Å². The van der Waals surface area contributed by atoms with E-state index in [2.05, 4.69) is 10.2 Å². The summed E-state index contributed by atoms with van der Waals surface area (Å²) in [4.78, 5) is 13.9. The number of nitrogens with one attached hydrogen (secondary N) is 1. The molecule has 1 atom stereocenters. The zero-order valence-electron chi connectivity index (χ0n) is 12.9. The Morgan fingerprint density at radius 3 is 3.18 bits per heavy atom. The lowest BCUT2D eigenvalue weighted by Crippen LogP contribution is -2.45. The van der Waals surface area contributed by atoms with Gasteiger partial charge in [0.25, 0.3) is 0 Å². The van der Waals surface area contributed by atoms with Crippen LogP contribution in [0.25, 0.3) is 0 Å². The van der Waals surface area contributed by atoms with Crippen LogP contribution in [0.2, 0.25) is 0 Å². The van der Waals surface area contributed by atoms with E-state index < -0.39 is 0 Å². The first-order chi connectivity index (χ1) is 10.6. The molecule has 1 unspecified atom stereocenters. The van der Waals surface area contributed by atoms with Crippen LogP contribution in [0.1, 0.15) is 12.8 Å². The average molecular weight is 310 g/mol. The number of ether oxygens (including phenoxy) is 2. The van der Waals surface area contributed by atoms with Crippen LogP contribution in [0.5, 0.6) is 5.75 Å². The fraction of sp³-hybridized carbons (Fsp3) is 0.562. The van der Waals surface area contributed by atoms with Crippen molar-refractivity contribution in [1.29, 1.82) is 0 Å². The highest BCUT2D eigenvalue weighted by Gasteiger charge is 2.17. The fourth-order valence-electron chi connectivity index (χ4n) is 2.29. The van der Waals surface area contributed by atoms with Gasteiger partial charge in [-0.3, -0.25) is 4.79 Å². The van der Waals surface area contributed by atoms with Crippen molar-refractivity contribution in [3.8, 4) is 5.75 Å². The molecule has 1 aliphatic heterocycles. The second kappa shape index (κ2) is 8.70. The molecule has 1 heterocycles. The van der Waals surface area contributed by atoms with Gasteiger partial charge in [-0.1, -0.05) is 6.07 Å². The Balaban J connectivity index is 1.56. The topological polar surface area (TPSA) is 50.8 Å². The molecule has 0 spiro atoms. The quantitative estimate of drug-likeness (QED) is 0.774. The van der Waals surface area contributed by atoms with Crippen LogP contribution in [0, 0.1) is 5.82 Å². The van der Waals surface area contributed by atoms with Gasteiger partial charge in [0.2, 0.25) is 5.91 Å². The minimum absolute atomic E-state index is 0.0142. The number of morpholine rings is 1. The van der Waals surface area contributed by atoms with E-state index in [1.54, 1.807) is 12.1 Å². The third kappa shape index (κ3) is 5.99. The summed E-state index contributed by atoms with van der Waals surface area (Å²) in [5.74, 6) is 0.145. The fourth-order valence-corrected chi connectivity index (χ4v) is 2.29. The molecule has 1 saturated heterocycles. The van der Waals surface area contributed by atoms with E-state index in [0.717, 1.165) is 13.1 Å². The van der Waals surface area contributed by atoms with E-state index in [-0.39, 0.29) is 17.8 Å². The second-order valence-corrected chi connectivity index (χ2v) is 5.47. The third-order valence-corrected chi connectivity index (χ3v) is 3.48. The van der Waals surface area contributed by atoms with Crippen LogP contribution < -0.4 is 10.1 Å². The molecule has 0 bridgehead atoms. The first-order valence-electron chi connectivity index (χ1n) is 7.58. The van der Waals surface area contributed by atoms with Crippen LogP contribution in [-0.2, 0) is 9.53 Å². The predicted molar refractivity (Wildman–Crippen MR) is 81.4 cm³/mol. The zero-order valence-corrected chi connectivity index (χ0v) is 12.9. The van der Waals surface area contributed by atoms with Crippen molar-refractivity contribution in [2.45, 2.75) is 18.9 Å². The number of carbonyl (C=O) groups is 1. The first-order valence-corrected chi connectivity index (χ1v) is 7.58. The lowest BCUT2D eigenvalue weighted by molar-refractivity contribution is -0.122. The first kappa shape index (κ1) is 16.7. The summed E-state index contributed by atoms with van der Waals surface area (Å²) in [6.45, 7) is 3.40. The molecule has 0 saturated carbocycles. The molecule has 6 heteroatoms. The van der Waals surface area contributed by atoms with Gasteiger partial charge in [0.15, 0.2) is 0 Å². The van der Waals surface area contributed by atoms with E-state index >= 15 is 0 Å². The van der Waals surface area contributed by atoms with Crippen LogP contribution in [-0.4, -0.2) is 56.8 Å². The summed E-state index contributed by atoms with van der Waals surface area (Å²) in [5, 5.41) is 2.87. The summed E-state index contributed by atoms with van der Waals surface area (Å²) >= 11 is 0. The molecule has 5 nitrogen and oxygen atoms in total. The van der Waals surface area contributed by atoms with Crippen molar-refractivity contribution in [2.24, 2.45) is 0 Å². The molecule has 1 N–H and O–H groups in total. The van der Waals surface area contributed by atoms with Gasteiger partial charge in [-0.2, -0.15) is 0 Å². The highest BCUT2D eigenvalue weighted by atomic mass is 19.1. The number of benzene rings is 1. The molecule has 1 aliphatic rings. The standard InChI is InChI=1S/C16H23FN2O3/c1-19-7-9-22-15(12-19)11-18-16(20)6-3-8-21-14-5-2-4-13(17)10-14/h2,4-5,10,15H,3,6-9,11-12H2,1H3,(H,18,20). The van der Waals surface area contributed by atoms with Crippen molar-refractivity contribution >= 4 is 5.91 Å². The number of carbonyl (C=O) groups excluding carboxylic acids is 1. The largest absolute Gasteiger partial charge is 0.493 e. The second-order valence-electron chi connectivity index (χ2n) is 5.47. The summed E-state index contributed by atoms with van der Waals surface area (Å²) < 4.78 is 23.9. The van der Waals surface area contributed by atoms with E-state index in [9.17, 15) is 9.18 Å². The third-order valence-electron chi connectivity index (χ3n) is 3.48. The Morgan fingerprint density at radius 2 is 2.41 bits per heavy atom. The van der Waals surface area contributed by atoms with Gasteiger partial charge in [-0.15, -0.1) is 0 Å². The van der Waals surface area contributed by atoms with Gasteiger partial charge in [-0.25, -0.2) is 4.39 Å². The number of rotatable bonds is 7. The summed E-state index contributed by atoms with van der Waals surface area (Å²) in [6, 6.07) is 5.99. The molecular formula is C16H23FN2O3. The Kier molecular flexibility index (Phi) is 6.61. The Bertz CT molecular complexity index is 484. The van der Waals surface area contributed by atoms with Gasteiger partial charge in [0, 0.05) is 32.1 Å². The smallest absolute Gasteiger partial charge is 0.220 e. The highest BCUT2D eigenvalue weighted by Crippen LogP contribution is 2.12. The normalized spacial score (nSPS) is 18.9. The highest BCUT2D eigenvalue weighted by molar-refractivity contribution is 5.75. The van der Waals surface area contributed by atoms with Crippen molar-refractivity contribution < 1.29 is 18.7 Å². The number of hydrogen-bond acceptors (Lipinski definition) is 4. The van der Waals surface area contributed by atoms with Gasteiger partial charge < -0.3 is 19.7 Å². The summed E-state index contributed by atoms with van der Waals surface area (Å²) in [7, 11) is 2.04. The number of nitrogens with zero attached hydrogens (tertiary/aromatic N) is 1.